The highest BCUT2D eigenvalue weighted by Crippen LogP contribution is 2.22. The van der Waals surface area contributed by atoms with Gasteiger partial charge in [0, 0.05) is 51.4 Å². The molecule has 4 nitrogen and oxygen atoms in total. The van der Waals surface area contributed by atoms with Gasteiger partial charge in [-0.15, -0.1) is 0 Å². The molecule has 1 N–H and O–H groups in total. The minimum Gasteiger partial charge on any atom is -0.379 e. The van der Waals surface area contributed by atoms with Crippen LogP contribution in [0.15, 0.2) is 0 Å². The molecule has 3 rings (SSSR count). The smallest absolute Gasteiger partial charge is 0.0594 e. The van der Waals surface area contributed by atoms with Gasteiger partial charge in [0.15, 0.2) is 0 Å². The van der Waals surface area contributed by atoms with Crippen LogP contribution < -0.4 is 5.32 Å². The van der Waals surface area contributed by atoms with Gasteiger partial charge in [0.25, 0.3) is 0 Å². The highest BCUT2D eigenvalue weighted by atomic mass is 16.5. The van der Waals surface area contributed by atoms with Gasteiger partial charge in [-0.2, -0.15) is 0 Å². The molecule has 0 aliphatic carbocycles. The summed E-state index contributed by atoms with van der Waals surface area (Å²) in [5.41, 5.74) is 0. The quantitative estimate of drug-likeness (QED) is 0.666. The molecule has 92 valence electrons. The summed E-state index contributed by atoms with van der Waals surface area (Å²) in [6.45, 7) is 9.05. The van der Waals surface area contributed by atoms with Crippen LogP contribution in [0.5, 0.6) is 0 Å². The number of ether oxygens (including phenoxy) is 1. The number of fused-ring (bicyclic) bond motifs is 1. The Labute approximate surface area is 97.9 Å². The molecule has 4 heteroatoms. The van der Waals surface area contributed by atoms with Crippen LogP contribution in [0.4, 0.5) is 0 Å². The maximum absolute atomic E-state index is 5.43. The number of piperazine rings is 1. The van der Waals surface area contributed by atoms with Crippen molar-refractivity contribution >= 4 is 0 Å². The monoisotopic (exact) mass is 225 g/mol. The van der Waals surface area contributed by atoms with Crippen molar-refractivity contribution in [1.29, 1.82) is 0 Å². The lowest BCUT2D eigenvalue weighted by Crippen LogP contribution is -2.60. The molecule has 2 unspecified atom stereocenters. The molecule has 0 aromatic rings. The molecule has 0 aromatic heterocycles. The summed E-state index contributed by atoms with van der Waals surface area (Å²) < 4.78 is 5.43. The summed E-state index contributed by atoms with van der Waals surface area (Å²) in [7, 11) is 0. The molecular weight excluding hydrogens is 202 g/mol. The molecule has 16 heavy (non-hydrogen) atoms. The molecule has 0 radical (unpaired) electrons. The Morgan fingerprint density at radius 3 is 2.62 bits per heavy atom. The van der Waals surface area contributed by atoms with Crippen LogP contribution in [0.3, 0.4) is 0 Å². The first-order valence-corrected chi connectivity index (χ1v) is 6.70. The lowest BCUT2D eigenvalue weighted by atomic mass is 9.95. The van der Waals surface area contributed by atoms with Crippen molar-refractivity contribution in [3.8, 4) is 0 Å². The first-order valence-electron chi connectivity index (χ1n) is 6.70. The van der Waals surface area contributed by atoms with Crippen LogP contribution in [0, 0.1) is 0 Å². The summed E-state index contributed by atoms with van der Waals surface area (Å²) in [6, 6.07) is 1.60. The van der Waals surface area contributed by atoms with E-state index in [9.17, 15) is 0 Å². The maximum atomic E-state index is 5.43. The van der Waals surface area contributed by atoms with Crippen LogP contribution in [-0.4, -0.2) is 74.4 Å². The number of piperidine rings is 1. The first kappa shape index (κ1) is 11.0. The van der Waals surface area contributed by atoms with E-state index in [1.165, 1.54) is 39.0 Å². The summed E-state index contributed by atoms with van der Waals surface area (Å²) in [4.78, 5) is 5.34. The number of nitrogens with zero attached hydrogens (tertiary/aromatic N) is 2. The Hall–Kier alpha value is -0.160. The molecule has 0 bridgehead atoms. The minimum absolute atomic E-state index is 0.790. The molecule has 3 saturated heterocycles. The minimum atomic E-state index is 0.790. The van der Waals surface area contributed by atoms with Gasteiger partial charge < -0.3 is 10.1 Å². The van der Waals surface area contributed by atoms with Crippen LogP contribution in [0.2, 0.25) is 0 Å². The van der Waals surface area contributed by atoms with Crippen molar-refractivity contribution in [2.45, 2.75) is 24.9 Å². The zero-order chi connectivity index (χ0) is 10.8. The van der Waals surface area contributed by atoms with Gasteiger partial charge in [0.05, 0.1) is 13.2 Å². The van der Waals surface area contributed by atoms with E-state index in [1.807, 2.05) is 0 Å². The van der Waals surface area contributed by atoms with Crippen LogP contribution >= 0.6 is 0 Å². The molecule has 0 amide bonds. The van der Waals surface area contributed by atoms with E-state index in [0.717, 1.165) is 38.4 Å². The largest absolute Gasteiger partial charge is 0.379 e. The third-order valence-electron chi connectivity index (χ3n) is 4.31. The lowest BCUT2D eigenvalue weighted by Gasteiger charge is -2.46. The molecule has 0 saturated carbocycles. The molecule has 3 aliphatic heterocycles. The summed E-state index contributed by atoms with van der Waals surface area (Å²) >= 11 is 0. The van der Waals surface area contributed by atoms with Gasteiger partial charge in [0.2, 0.25) is 0 Å². The van der Waals surface area contributed by atoms with Crippen molar-refractivity contribution in [1.82, 2.24) is 15.1 Å². The average Bonchev–Trinajstić information content (AvgIpc) is 2.39. The molecule has 2 atom stereocenters. The van der Waals surface area contributed by atoms with E-state index in [0.29, 0.717) is 0 Å². The molecule has 0 spiro atoms. The third kappa shape index (κ3) is 2.25. The number of morpholine rings is 1. The Morgan fingerprint density at radius 2 is 1.75 bits per heavy atom. The normalized spacial score (nSPS) is 38.2. The average molecular weight is 225 g/mol. The predicted octanol–water partition coefficient (Wildman–Crippen LogP) is -0.245. The Morgan fingerprint density at radius 1 is 0.938 bits per heavy atom. The SMILES string of the molecule is C1CN2CC(N3CCOCC3)CCC2CN1. The van der Waals surface area contributed by atoms with Gasteiger partial charge in [0.1, 0.15) is 0 Å². The van der Waals surface area contributed by atoms with Crippen molar-refractivity contribution in [3.63, 3.8) is 0 Å². The fourth-order valence-electron chi connectivity index (χ4n) is 3.32. The number of hydrogen-bond acceptors (Lipinski definition) is 4. The highest BCUT2D eigenvalue weighted by Gasteiger charge is 2.32. The van der Waals surface area contributed by atoms with Crippen molar-refractivity contribution in [2.75, 3.05) is 52.5 Å². The van der Waals surface area contributed by atoms with Crippen molar-refractivity contribution in [3.05, 3.63) is 0 Å². The van der Waals surface area contributed by atoms with Crippen LogP contribution in [0.25, 0.3) is 0 Å². The molecule has 3 aliphatic rings. The van der Waals surface area contributed by atoms with E-state index in [-0.39, 0.29) is 0 Å². The second-order valence-corrected chi connectivity index (χ2v) is 5.23. The molecular formula is C12H23N3O. The number of nitrogens with one attached hydrogen (secondary N) is 1. The fraction of sp³-hybridized carbons (Fsp3) is 1.00. The second-order valence-electron chi connectivity index (χ2n) is 5.23. The van der Waals surface area contributed by atoms with Crippen molar-refractivity contribution in [2.24, 2.45) is 0 Å². The van der Waals surface area contributed by atoms with Gasteiger partial charge >= 0.3 is 0 Å². The number of rotatable bonds is 1. The van der Waals surface area contributed by atoms with Gasteiger partial charge in [-0.1, -0.05) is 0 Å². The zero-order valence-corrected chi connectivity index (χ0v) is 10.0. The lowest BCUT2D eigenvalue weighted by molar-refractivity contribution is -0.0161. The van der Waals surface area contributed by atoms with E-state index in [2.05, 4.69) is 15.1 Å². The van der Waals surface area contributed by atoms with Gasteiger partial charge in [-0.3, -0.25) is 9.80 Å². The van der Waals surface area contributed by atoms with E-state index >= 15 is 0 Å². The summed E-state index contributed by atoms with van der Waals surface area (Å²) in [5.74, 6) is 0. The van der Waals surface area contributed by atoms with Crippen molar-refractivity contribution < 1.29 is 4.74 Å². The Kier molecular flexibility index (Phi) is 3.43. The molecule has 3 fully saturated rings. The first-order chi connectivity index (χ1) is 7.93. The zero-order valence-electron chi connectivity index (χ0n) is 10.0. The second kappa shape index (κ2) is 5.00. The van der Waals surface area contributed by atoms with Crippen LogP contribution in [0.1, 0.15) is 12.8 Å². The summed E-state index contributed by atoms with van der Waals surface area (Å²) in [6.07, 6.45) is 2.75. The van der Waals surface area contributed by atoms with Gasteiger partial charge in [-0.25, -0.2) is 0 Å². The summed E-state index contributed by atoms with van der Waals surface area (Å²) in [5, 5.41) is 3.50. The molecule has 3 heterocycles. The van der Waals surface area contributed by atoms with Crippen LogP contribution in [-0.2, 0) is 4.74 Å². The topological polar surface area (TPSA) is 27.7 Å². The fourth-order valence-corrected chi connectivity index (χ4v) is 3.32. The van der Waals surface area contributed by atoms with E-state index in [1.54, 1.807) is 0 Å². The van der Waals surface area contributed by atoms with E-state index in [4.69, 9.17) is 4.74 Å². The predicted molar refractivity (Wildman–Crippen MR) is 63.6 cm³/mol. The maximum Gasteiger partial charge on any atom is 0.0594 e. The highest BCUT2D eigenvalue weighted by molar-refractivity contribution is 4.90. The van der Waals surface area contributed by atoms with Gasteiger partial charge in [-0.05, 0) is 12.8 Å². The third-order valence-corrected chi connectivity index (χ3v) is 4.31. The Bertz CT molecular complexity index is 228. The standard InChI is InChI=1S/C12H23N3O/c1-2-12(14-5-7-16-8-6-14)10-15-4-3-13-9-11(1)15/h11-13H,1-10H2. The number of hydrogen-bond donors (Lipinski definition) is 1. The molecule has 0 aromatic carbocycles. The Balaban J connectivity index is 1.57. The van der Waals surface area contributed by atoms with E-state index < -0.39 is 0 Å².